The van der Waals surface area contributed by atoms with Crippen molar-refractivity contribution in [1.82, 2.24) is 33.8 Å². The van der Waals surface area contributed by atoms with Crippen LogP contribution in [0.4, 0.5) is 5.82 Å². The van der Waals surface area contributed by atoms with Gasteiger partial charge in [0.05, 0.1) is 31.1 Å². The molecule has 2 aliphatic rings. The number of rotatable bonds is 5. The number of imidazole rings is 2. The molecule has 6 heterocycles. The molecule has 0 unspecified atom stereocenters. The zero-order valence-corrected chi connectivity index (χ0v) is 21.3. The van der Waals surface area contributed by atoms with E-state index in [2.05, 4.69) is 19.4 Å². The van der Waals surface area contributed by atoms with Crippen molar-refractivity contribution in [2.24, 2.45) is 13.0 Å². The second-order valence-electron chi connectivity index (χ2n) is 10.5. The number of piperidine rings is 1. The van der Waals surface area contributed by atoms with Gasteiger partial charge in [0.1, 0.15) is 11.5 Å². The molecule has 0 amide bonds. The standard InChI is InChI=1S/C26H34N8O2/c1-26(2,35)18-7-10-32(11-8-18)17-21-28-22-24(31(21)3)29-23(30-25(22)33-13-15-36-16-14-33)19-5-4-6-20-27-9-12-34(19)20/h4-6,9,12,18,35H,7-8,10-11,13-17H2,1-3H3. The lowest BCUT2D eigenvalue weighted by Crippen LogP contribution is -2.41. The van der Waals surface area contributed by atoms with Gasteiger partial charge >= 0.3 is 0 Å². The van der Waals surface area contributed by atoms with Crippen LogP contribution in [0.1, 0.15) is 32.5 Å². The number of anilines is 1. The molecule has 2 aliphatic heterocycles. The molecule has 0 saturated carbocycles. The van der Waals surface area contributed by atoms with E-state index in [1.165, 1.54) is 0 Å². The topological polar surface area (TPSA) is 96.8 Å². The van der Waals surface area contributed by atoms with Crippen LogP contribution >= 0.6 is 0 Å². The van der Waals surface area contributed by atoms with E-state index in [-0.39, 0.29) is 0 Å². The highest BCUT2D eigenvalue weighted by Crippen LogP contribution is 2.31. The molecule has 2 saturated heterocycles. The van der Waals surface area contributed by atoms with Crippen LogP contribution in [0.5, 0.6) is 0 Å². The zero-order valence-electron chi connectivity index (χ0n) is 21.3. The third kappa shape index (κ3) is 4.23. The van der Waals surface area contributed by atoms with Gasteiger partial charge in [0.2, 0.25) is 0 Å². The second kappa shape index (κ2) is 9.10. The molecule has 190 valence electrons. The largest absolute Gasteiger partial charge is 0.390 e. The number of likely N-dealkylation sites (tertiary alicyclic amines) is 1. The number of aryl methyl sites for hydroxylation is 1. The average molecular weight is 491 g/mol. The summed E-state index contributed by atoms with van der Waals surface area (Å²) < 4.78 is 9.74. The van der Waals surface area contributed by atoms with Gasteiger partial charge in [0, 0.05) is 32.5 Å². The number of morpholine rings is 1. The summed E-state index contributed by atoms with van der Waals surface area (Å²) in [6, 6.07) is 6.00. The van der Waals surface area contributed by atoms with E-state index in [1.54, 1.807) is 6.20 Å². The van der Waals surface area contributed by atoms with Crippen molar-refractivity contribution in [3.63, 3.8) is 0 Å². The summed E-state index contributed by atoms with van der Waals surface area (Å²) in [4.78, 5) is 24.3. The number of hydrogen-bond acceptors (Lipinski definition) is 8. The van der Waals surface area contributed by atoms with Crippen molar-refractivity contribution in [3.05, 3.63) is 36.4 Å². The molecule has 0 aromatic carbocycles. The Morgan fingerprint density at radius 2 is 1.83 bits per heavy atom. The molecule has 10 nitrogen and oxygen atoms in total. The van der Waals surface area contributed by atoms with Crippen molar-refractivity contribution >= 4 is 22.6 Å². The predicted octanol–water partition coefficient (Wildman–Crippen LogP) is 2.50. The van der Waals surface area contributed by atoms with Crippen LogP contribution < -0.4 is 4.90 Å². The van der Waals surface area contributed by atoms with Gasteiger partial charge in [-0.15, -0.1) is 0 Å². The van der Waals surface area contributed by atoms with Crippen molar-refractivity contribution in [2.75, 3.05) is 44.3 Å². The number of hydrogen-bond donors (Lipinski definition) is 1. The Bertz CT molecular complexity index is 1370. The third-order valence-electron chi connectivity index (χ3n) is 7.71. The number of aliphatic hydroxyl groups is 1. The first kappa shape index (κ1) is 23.3. The molecule has 10 heteroatoms. The van der Waals surface area contributed by atoms with Gasteiger partial charge in [-0.3, -0.25) is 9.30 Å². The summed E-state index contributed by atoms with van der Waals surface area (Å²) in [5, 5.41) is 10.4. The number of aromatic nitrogens is 6. The number of ether oxygens (including phenoxy) is 1. The zero-order chi connectivity index (χ0) is 24.9. The summed E-state index contributed by atoms with van der Waals surface area (Å²) in [5.41, 5.74) is 2.81. The maximum Gasteiger partial charge on any atom is 0.180 e. The number of pyridine rings is 1. The van der Waals surface area contributed by atoms with E-state index >= 15 is 0 Å². The molecule has 0 aliphatic carbocycles. The molecule has 4 aromatic heterocycles. The molecule has 1 N–H and O–H groups in total. The molecule has 0 radical (unpaired) electrons. The summed E-state index contributed by atoms with van der Waals surface area (Å²) >= 11 is 0. The van der Waals surface area contributed by atoms with Crippen LogP contribution in [-0.4, -0.2) is 83.9 Å². The van der Waals surface area contributed by atoms with E-state index in [4.69, 9.17) is 19.7 Å². The van der Waals surface area contributed by atoms with Crippen LogP contribution in [0.25, 0.3) is 28.3 Å². The maximum absolute atomic E-state index is 10.4. The van der Waals surface area contributed by atoms with Crippen molar-refractivity contribution < 1.29 is 9.84 Å². The van der Waals surface area contributed by atoms with Crippen molar-refractivity contribution in [1.29, 1.82) is 0 Å². The van der Waals surface area contributed by atoms with Crippen LogP contribution in [0.3, 0.4) is 0 Å². The molecule has 0 spiro atoms. The summed E-state index contributed by atoms with van der Waals surface area (Å²) in [6.07, 6.45) is 5.72. The maximum atomic E-state index is 10.4. The number of nitrogens with zero attached hydrogens (tertiary/aromatic N) is 8. The first-order chi connectivity index (χ1) is 17.4. The van der Waals surface area contributed by atoms with Gasteiger partial charge in [-0.2, -0.15) is 0 Å². The van der Waals surface area contributed by atoms with E-state index in [1.807, 2.05) is 49.7 Å². The van der Waals surface area contributed by atoms with Gasteiger partial charge in [0.15, 0.2) is 22.8 Å². The predicted molar refractivity (Wildman–Crippen MR) is 138 cm³/mol. The quantitative estimate of drug-likeness (QED) is 0.456. The molecule has 2 fully saturated rings. The molecular weight excluding hydrogens is 456 g/mol. The van der Waals surface area contributed by atoms with Crippen LogP contribution in [0.2, 0.25) is 0 Å². The SMILES string of the molecule is Cn1c(CN2CCC(C(C)(C)O)CC2)nc2c(N3CCOCC3)nc(-c3cccc4nccn34)nc21. The fourth-order valence-corrected chi connectivity index (χ4v) is 5.47. The second-order valence-corrected chi connectivity index (χ2v) is 10.5. The minimum absolute atomic E-state index is 0.335. The summed E-state index contributed by atoms with van der Waals surface area (Å²) in [6.45, 7) is 9.40. The van der Waals surface area contributed by atoms with Gasteiger partial charge in [-0.1, -0.05) is 6.07 Å². The molecule has 0 bridgehead atoms. The Hall–Kier alpha value is -3.08. The van der Waals surface area contributed by atoms with Crippen LogP contribution in [0, 0.1) is 5.92 Å². The molecular formula is C26H34N8O2. The summed E-state index contributed by atoms with van der Waals surface area (Å²) in [7, 11) is 2.05. The highest BCUT2D eigenvalue weighted by Gasteiger charge is 2.31. The Balaban J connectivity index is 1.39. The normalized spacial score (nSPS) is 18.5. The van der Waals surface area contributed by atoms with Gasteiger partial charge in [-0.25, -0.2) is 19.9 Å². The fraction of sp³-hybridized carbons (Fsp3) is 0.538. The Morgan fingerprint density at radius 1 is 1.06 bits per heavy atom. The van der Waals surface area contributed by atoms with Crippen LogP contribution in [0.15, 0.2) is 30.6 Å². The van der Waals surface area contributed by atoms with Crippen molar-refractivity contribution in [3.8, 4) is 11.5 Å². The molecule has 4 aromatic rings. The van der Waals surface area contributed by atoms with E-state index in [0.29, 0.717) is 25.0 Å². The minimum atomic E-state index is -0.624. The van der Waals surface area contributed by atoms with Gasteiger partial charge < -0.3 is 19.3 Å². The van der Waals surface area contributed by atoms with Crippen molar-refractivity contribution in [2.45, 2.75) is 38.8 Å². The monoisotopic (exact) mass is 490 g/mol. The number of fused-ring (bicyclic) bond motifs is 2. The average Bonchev–Trinajstić information content (AvgIpc) is 3.49. The van der Waals surface area contributed by atoms with Crippen LogP contribution in [-0.2, 0) is 18.3 Å². The highest BCUT2D eigenvalue weighted by atomic mass is 16.5. The van der Waals surface area contributed by atoms with E-state index in [9.17, 15) is 5.11 Å². The molecule has 36 heavy (non-hydrogen) atoms. The fourth-order valence-electron chi connectivity index (χ4n) is 5.47. The molecule has 0 atom stereocenters. The Labute approximate surface area is 210 Å². The summed E-state index contributed by atoms with van der Waals surface area (Å²) in [5.74, 6) is 2.83. The van der Waals surface area contributed by atoms with Gasteiger partial charge in [-0.05, 0) is 57.8 Å². The first-order valence-electron chi connectivity index (χ1n) is 12.8. The van der Waals surface area contributed by atoms with E-state index < -0.39 is 5.60 Å². The third-order valence-corrected chi connectivity index (χ3v) is 7.71. The highest BCUT2D eigenvalue weighted by molar-refractivity contribution is 5.86. The lowest BCUT2D eigenvalue weighted by molar-refractivity contribution is -0.0139. The molecule has 6 rings (SSSR count). The lowest BCUT2D eigenvalue weighted by Gasteiger charge is -2.37. The Kier molecular flexibility index (Phi) is 5.89. The van der Waals surface area contributed by atoms with E-state index in [0.717, 1.165) is 79.7 Å². The Morgan fingerprint density at radius 3 is 2.58 bits per heavy atom. The lowest BCUT2D eigenvalue weighted by atomic mass is 9.83. The minimum Gasteiger partial charge on any atom is -0.390 e. The van der Waals surface area contributed by atoms with Gasteiger partial charge in [0.25, 0.3) is 0 Å². The first-order valence-corrected chi connectivity index (χ1v) is 12.8. The smallest absolute Gasteiger partial charge is 0.180 e.